The number of hydrogen-bond acceptors (Lipinski definition) is 2. The summed E-state index contributed by atoms with van der Waals surface area (Å²) in [6.07, 6.45) is 3.49. The van der Waals surface area contributed by atoms with E-state index in [9.17, 15) is 4.79 Å². The second-order valence-corrected chi connectivity index (χ2v) is 6.99. The average Bonchev–Trinajstić information content (AvgIpc) is 2.47. The molecule has 0 aliphatic rings. The van der Waals surface area contributed by atoms with Crippen molar-refractivity contribution in [3.8, 4) is 5.75 Å². The topological polar surface area (TPSA) is 26.3 Å². The van der Waals surface area contributed by atoms with Gasteiger partial charge in [-0.1, -0.05) is 53.7 Å². The second-order valence-electron chi connectivity index (χ2n) is 6.99. The fourth-order valence-electron chi connectivity index (χ4n) is 2.22. The van der Waals surface area contributed by atoms with Gasteiger partial charge in [0, 0.05) is 12.0 Å². The highest BCUT2D eigenvalue weighted by Crippen LogP contribution is 2.38. The van der Waals surface area contributed by atoms with Gasteiger partial charge in [-0.2, -0.15) is 0 Å². The molecule has 0 heterocycles. The summed E-state index contributed by atoms with van der Waals surface area (Å²) in [5.74, 6) is 0.916. The molecule has 0 unspecified atom stereocenters. The van der Waals surface area contributed by atoms with Crippen LogP contribution in [0.3, 0.4) is 0 Å². The van der Waals surface area contributed by atoms with Gasteiger partial charge in [-0.05, 0) is 35.3 Å². The van der Waals surface area contributed by atoms with Gasteiger partial charge >= 0.3 is 0 Å². The molecule has 0 aliphatic heterocycles. The van der Waals surface area contributed by atoms with Crippen LogP contribution in [0.4, 0.5) is 0 Å². The first-order chi connectivity index (χ1) is 9.78. The lowest BCUT2D eigenvalue weighted by Crippen LogP contribution is -2.21. The maximum atomic E-state index is 10.5. The van der Waals surface area contributed by atoms with E-state index >= 15 is 0 Å². The van der Waals surface area contributed by atoms with Crippen molar-refractivity contribution in [2.24, 2.45) is 0 Å². The van der Waals surface area contributed by atoms with Crippen LogP contribution >= 0.6 is 0 Å². The maximum absolute atomic E-state index is 10.5. The SMILES string of the molecule is CCC(C)(C)c1ccc(OCCC=O)c(C(C)(C)CC)c1. The van der Waals surface area contributed by atoms with Crippen LogP contribution in [0.5, 0.6) is 5.75 Å². The van der Waals surface area contributed by atoms with Crippen molar-refractivity contribution in [3.63, 3.8) is 0 Å². The number of rotatable bonds is 8. The summed E-state index contributed by atoms with van der Waals surface area (Å²) in [4.78, 5) is 10.5. The lowest BCUT2D eigenvalue weighted by molar-refractivity contribution is -0.108. The van der Waals surface area contributed by atoms with E-state index in [1.165, 1.54) is 11.1 Å². The number of carbonyl (C=O) groups is 1. The summed E-state index contributed by atoms with van der Waals surface area (Å²) in [5.41, 5.74) is 2.83. The van der Waals surface area contributed by atoms with Crippen LogP contribution < -0.4 is 4.74 Å². The van der Waals surface area contributed by atoms with Crippen LogP contribution in [-0.4, -0.2) is 12.9 Å². The van der Waals surface area contributed by atoms with Crippen LogP contribution in [0.15, 0.2) is 18.2 Å². The molecule has 0 amide bonds. The molecule has 0 saturated heterocycles. The van der Waals surface area contributed by atoms with Gasteiger partial charge in [0.2, 0.25) is 0 Å². The van der Waals surface area contributed by atoms with E-state index in [2.05, 4.69) is 59.7 Å². The van der Waals surface area contributed by atoms with Gasteiger partial charge in [0.05, 0.1) is 6.61 Å². The largest absolute Gasteiger partial charge is 0.493 e. The fraction of sp³-hybridized carbons (Fsp3) is 0.632. The Morgan fingerprint density at radius 2 is 1.67 bits per heavy atom. The van der Waals surface area contributed by atoms with E-state index in [4.69, 9.17) is 4.74 Å². The van der Waals surface area contributed by atoms with Gasteiger partial charge in [0.1, 0.15) is 12.0 Å². The first-order valence-electron chi connectivity index (χ1n) is 8.00. The molecule has 0 N–H and O–H groups in total. The maximum Gasteiger partial charge on any atom is 0.123 e. The quantitative estimate of drug-likeness (QED) is 0.496. The van der Waals surface area contributed by atoms with E-state index in [1.54, 1.807) is 0 Å². The van der Waals surface area contributed by atoms with Crippen LogP contribution in [-0.2, 0) is 15.6 Å². The van der Waals surface area contributed by atoms with E-state index in [0.29, 0.717) is 13.0 Å². The minimum Gasteiger partial charge on any atom is -0.493 e. The van der Waals surface area contributed by atoms with Crippen molar-refractivity contribution < 1.29 is 9.53 Å². The first-order valence-corrected chi connectivity index (χ1v) is 8.00. The van der Waals surface area contributed by atoms with Crippen molar-refractivity contribution >= 4 is 6.29 Å². The Bertz CT molecular complexity index is 472. The highest BCUT2D eigenvalue weighted by atomic mass is 16.5. The zero-order valence-electron chi connectivity index (χ0n) is 14.5. The Hall–Kier alpha value is -1.31. The standard InChI is InChI=1S/C19H30O2/c1-7-18(3,4)15-10-11-17(21-13-9-12-20)16(14-15)19(5,6)8-2/h10-12,14H,7-9,13H2,1-6H3. The Morgan fingerprint density at radius 1 is 1.05 bits per heavy atom. The van der Waals surface area contributed by atoms with Crippen molar-refractivity contribution in [3.05, 3.63) is 29.3 Å². The molecule has 0 aliphatic carbocycles. The summed E-state index contributed by atoms with van der Waals surface area (Å²) in [7, 11) is 0. The van der Waals surface area contributed by atoms with Gasteiger partial charge in [0.15, 0.2) is 0 Å². The minimum atomic E-state index is 0.0658. The predicted molar refractivity (Wildman–Crippen MR) is 89.3 cm³/mol. The van der Waals surface area contributed by atoms with Crippen LogP contribution in [0.1, 0.15) is 71.9 Å². The first kappa shape index (κ1) is 17.7. The fourth-order valence-corrected chi connectivity index (χ4v) is 2.22. The minimum absolute atomic E-state index is 0.0658. The van der Waals surface area contributed by atoms with Crippen molar-refractivity contribution in [2.75, 3.05) is 6.61 Å². The zero-order valence-corrected chi connectivity index (χ0v) is 14.5. The van der Waals surface area contributed by atoms with Crippen molar-refractivity contribution in [1.29, 1.82) is 0 Å². The normalized spacial score (nSPS) is 12.3. The third kappa shape index (κ3) is 4.33. The summed E-state index contributed by atoms with van der Waals surface area (Å²) >= 11 is 0. The van der Waals surface area contributed by atoms with Gasteiger partial charge in [-0.3, -0.25) is 0 Å². The summed E-state index contributed by atoms with van der Waals surface area (Å²) in [5, 5.41) is 0. The highest BCUT2D eigenvalue weighted by molar-refractivity contribution is 5.49. The molecule has 0 bridgehead atoms. The number of benzene rings is 1. The number of hydrogen-bond donors (Lipinski definition) is 0. The predicted octanol–water partition coefficient (Wildman–Crippen LogP) is 5.03. The molecule has 0 aromatic heterocycles. The van der Waals surface area contributed by atoms with Gasteiger partial charge in [-0.25, -0.2) is 0 Å². The van der Waals surface area contributed by atoms with Gasteiger partial charge < -0.3 is 9.53 Å². The smallest absolute Gasteiger partial charge is 0.123 e. The molecule has 1 aromatic carbocycles. The molecular formula is C19H30O2. The highest BCUT2D eigenvalue weighted by Gasteiger charge is 2.26. The van der Waals surface area contributed by atoms with Gasteiger partial charge in [-0.15, -0.1) is 0 Å². The molecule has 0 atom stereocenters. The van der Waals surface area contributed by atoms with Crippen molar-refractivity contribution in [2.45, 2.75) is 71.6 Å². The molecule has 1 aromatic rings. The Labute approximate surface area is 129 Å². The molecule has 1 rings (SSSR count). The summed E-state index contributed by atoms with van der Waals surface area (Å²) < 4.78 is 5.84. The molecule has 0 saturated carbocycles. The van der Waals surface area contributed by atoms with E-state index in [1.807, 2.05) is 0 Å². The number of aldehydes is 1. The number of ether oxygens (including phenoxy) is 1. The number of carbonyl (C=O) groups excluding carboxylic acids is 1. The van der Waals surface area contributed by atoms with E-state index in [-0.39, 0.29) is 10.8 Å². The molecular weight excluding hydrogens is 260 g/mol. The van der Waals surface area contributed by atoms with Crippen LogP contribution in [0.2, 0.25) is 0 Å². The lowest BCUT2D eigenvalue weighted by Gasteiger charge is -2.30. The third-order valence-electron chi connectivity index (χ3n) is 4.75. The third-order valence-corrected chi connectivity index (χ3v) is 4.75. The lowest BCUT2D eigenvalue weighted by atomic mass is 9.76. The Morgan fingerprint density at radius 3 is 2.19 bits per heavy atom. The van der Waals surface area contributed by atoms with Crippen LogP contribution in [0, 0.1) is 0 Å². The van der Waals surface area contributed by atoms with Crippen LogP contribution in [0.25, 0.3) is 0 Å². The van der Waals surface area contributed by atoms with Gasteiger partial charge in [0.25, 0.3) is 0 Å². The molecule has 2 nitrogen and oxygen atoms in total. The summed E-state index contributed by atoms with van der Waals surface area (Å²) in [6, 6.07) is 6.53. The Balaban J connectivity index is 3.23. The zero-order chi connectivity index (χ0) is 16.1. The molecule has 2 heteroatoms. The van der Waals surface area contributed by atoms with E-state index < -0.39 is 0 Å². The average molecular weight is 290 g/mol. The molecule has 0 radical (unpaired) electrons. The molecule has 0 spiro atoms. The molecule has 118 valence electrons. The molecule has 0 fully saturated rings. The summed E-state index contributed by atoms with van der Waals surface area (Å²) in [6.45, 7) is 13.9. The molecule has 21 heavy (non-hydrogen) atoms. The monoisotopic (exact) mass is 290 g/mol. The Kier molecular flexibility index (Phi) is 6.00. The second kappa shape index (κ2) is 7.11. The van der Waals surface area contributed by atoms with E-state index in [0.717, 1.165) is 24.9 Å². The van der Waals surface area contributed by atoms with Crippen molar-refractivity contribution in [1.82, 2.24) is 0 Å².